The van der Waals surface area contributed by atoms with Gasteiger partial charge in [0.25, 0.3) is 0 Å². The standard InChI is InChI=1S/C11H22BrNO2/c1-5-11(6-2,8-12)13-10(14)7-15-9(3)4/h9H,5-8H2,1-4H3,(H,13,14). The third kappa shape index (κ3) is 5.52. The monoisotopic (exact) mass is 279 g/mol. The van der Waals surface area contributed by atoms with Gasteiger partial charge in [0.1, 0.15) is 6.61 Å². The molecule has 4 heteroatoms. The first-order valence-corrected chi connectivity index (χ1v) is 6.60. The van der Waals surface area contributed by atoms with Crippen molar-refractivity contribution in [2.45, 2.75) is 52.2 Å². The molecule has 0 aliphatic rings. The first-order valence-electron chi connectivity index (χ1n) is 5.48. The largest absolute Gasteiger partial charge is 0.369 e. The summed E-state index contributed by atoms with van der Waals surface area (Å²) >= 11 is 3.45. The van der Waals surface area contributed by atoms with E-state index in [0.29, 0.717) is 0 Å². The summed E-state index contributed by atoms with van der Waals surface area (Å²) < 4.78 is 5.26. The number of carbonyl (C=O) groups excluding carboxylic acids is 1. The van der Waals surface area contributed by atoms with Crippen LogP contribution in [-0.2, 0) is 9.53 Å². The number of nitrogens with one attached hydrogen (secondary N) is 1. The molecule has 0 radical (unpaired) electrons. The highest BCUT2D eigenvalue weighted by molar-refractivity contribution is 9.09. The lowest BCUT2D eigenvalue weighted by molar-refractivity contribution is -0.128. The predicted octanol–water partition coefficient (Wildman–Crippen LogP) is 2.48. The Morgan fingerprint density at radius 2 is 1.93 bits per heavy atom. The van der Waals surface area contributed by atoms with E-state index in [1.54, 1.807) is 0 Å². The summed E-state index contributed by atoms with van der Waals surface area (Å²) in [4.78, 5) is 11.6. The van der Waals surface area contributed by atoms with Crippen molar-refractivity contribution < 1.29 is 9.53 Å². The van der Waals surface area contributed by atoms with Crippen LogP contribution in [0, 0.1) is 0 Å². The van der Waals surface area contributed by atoms with Crippen LogP contribution in [0.3, 0.4) is 0 Å². The second-order valence-electron chi connectivity index (χ2n) is 4.03. The first kappa shape index (κ1) is 14.9. The zero-order valence-electron chi connectivity index (χ0n) is 10.1. The van der Waals surface area contributed by atoms with E-state index < -0.39 is 0 Å². The molecule has 90 valence electrons. The smallest absolute Gasteiger partial charge is 0.246 e. The fourth-order valence-corrected chi connectivity index (χ4v) is 2.16. The lowest BCUT2D eigenvalue weighted by atomic mass is 9.95. The molecule has 0 bridgehead atoms. The summed E-state index contributed by atoms with van der Waals surface area (Å²) in [5, 5.41) is 3.80. The number of ether oxygens (including phenoxy) is 1. The molecule has 0 rings (SSSR count). The third-order valence-corrected chi connectivity index (χ3v) is 3.64. The molecule has 0 heterocycles. The molecule has 0 aliphatic carbocycles. The normalized spacial score (nSPS) is 11.9. The topological polar surface area (TPSA) is 38.3 Å². The molecule has 0 saturated heterocycles. The predicted molar refractivity (Wildman–Crippen MR) is 66.3 cm³/mol. The molecule has 0 aromatic carbocycles. The summed E-state index contributed by atoms with van der Waals surface area (Å²) in [5.41, 5.74) is -0.128. The van der Waals surface area contributed by atoms with E-state index in [1.807, 2.05) is 13.8 Å². The van der Waals surface area contributed by atoms with Crippen LogP contribution in [0.5, 0.6) is 0 Å². The molecule has 0 atom stereocenters. The molecule has 0 aliphatic heterocycles. The first-order chi connectivity index (χ1) is 6.99. The van der Waals surface area contributed by atoms with Gasteiger partial charge < -0.3 is 10.1 Å². The van der Waals surface area contributed by atoms with Crippen molar-refractivity contribution in [2.24, 2.45) is 0 Å². The van der Waals surface area contributed by atoms with Crippen molar-refractivity contribution in [3.05, 3.63) is 0 Å². The van der Waals surface area contributed by atoms with Crippen molar-refractivity contribution in [1.82, 2.24) is 5.32 Å². The Morgan fingerprint density at radius 1 is 1.40 bits per heavy atom. The van der Waals surface area contributed by atoms with Gasteiger partial charge in [-0.15, -0.1) is 0 Å². The number of halogens is 1. The molecule has 0 aromatic rings. The number of hydrogen-bond acceptors (Lipinski definition) is 2. The Labute approximate surface area is 101 Å². The molecule has 1 amide bonds. The second-order valence-corrected chi connectivity index (χ2v) is 4.59. The molecule has 0 spiro atoms. The van der Waals surface area contributed by atoms with Gasteiger partial charge in [0.2, 0.25) is 5.91 Å². The van der Waals surface area contributed by atoms with Crippen molar-refractivity contribution in [1.29, 1.82) is 0 Å². The van der Waals surface area contributed by atoms with Gasteiger partial charge in [0.15, 0.2) is 0 Å². The summed E-state index contributed by atoms with van der Waals surface area (Å²) in [6.45, 7) is 8.14. The average molecular weight is 280 g/mol. The van der Waals surface area contributed by atoms with Gasteiger partial charge in [-0.05, 0) is 26.7 Å². The summed E-state index contributed by atoms with van der Waals surface area (Å²) in [6, 6.07) is 0. The van der Waals surface area contributed by atoms with Gasteiger partial charge in [-0.2, -0.15) is 0 Å². The molecule has 1 N–H and O–H groups in total. The van der Waals surface area contributed by atoms with Crippen molar-refractivity contribution >= 4 is 21.8 Å². The highest BCUT2D eigenvalue weighted by Crippen LogP contribution is 2.17. The van der Waals surface area contributed by atoms with Crippen LogP contribution in [0.1, 0.15) is 40.5 Å². The molecule has 0 aromatic heterocycles. The fraction of sp³-hybridized carbons (Fsp3) is 0.909. The van der Waals surface area contributed by atoms with E-state index in [4.69, 9.17) is 4.74 Å². The van der Waals surface area contributed by atoms with E-state index in [-0.39, 0.29) is 24.2 Å². The Morgan fingerprint density at radius 3 is 2.27 bits per heavy atom. The van der Waals surface area contributed by atoms with Gasteiger partial charge in [0, 0.05) is 10.9 Å². The van der Waals surface area contributed by atoms with Crippen LogP contribution < -0.4 is 5.32 Å². The highest BCUT2D eigenvalue weighted by Gasteiger charge is 2.26. The number of hydrogen-bond donors (Lipinski definition) is 1. The Bertz CT molecular complexity index is 183. The fourth-order valence-electron chi connectivity index (χ4n) is 1.22. The number of rotatable bonds is 7. The number of alkyl halides is 1. The summed E-state index contributed by atoms with van der Waals surface area (Å²) in [5.74, 6) is -0.0353. The molecule has 0 saturated carbocycles. The minimum Gasteiger partial charge on any atom is -0.369 e. The van der Waals surface area contributed by atoms with Gasteiger partial charge in [-0.25, -0.2) is 0 Å². The van der Waals surface area contributed by atoms with Crippen LogP contribution in [-0.4, -0.2) is 29.5 Å². The third-order valence-electron chi connectivity index (χ3n) is 2.56. The Hall–Kier alpha value is -0.0900. The van der Waals surface area contributed by atoms with Gasteiger partial charge >= 0.3 is 0 Å². The van der Waals surface area contributed by atoms with Crippen LogP contribution >= 0.6 is 15.9 Å². The lowest BCUT2D eigenvalue weighted by Crippen LogP contribution is -2.50. The zero-order valence-corrected chi connectivity index (χ0v) is 11.7. The van der Waals surface area contributed by atoms with E-state index in [1.165, 1.54) is 0 Å². The maximum absolute atomic E-state index is 11.6. The van der Waals surface area contributed by atoms with Crippen molar-refractivity contribution in [3.63, 3.8) is 0 Å². The van der Waals surface area contributed by atoms with Crippen molar-refractivity contribution in [2.75, 3.05) is 11.9 Å². The van der Waals surface area contributed by atoms with Crippen molar-refractivity contribution in [3.8, 4) is 0 Å². The molecular formula is C11H22BrNO2. The van der Waals surface area contributed by atoms with Gasteiger partial charge in [-0.3, -0.25) is 4.79 Å². The highest BCUT2D eigenvalue weighted by atomic mass is 79.9. The minimum atomic E-state index is -0.128. The van der Waals surface area contributed by atoms with Crippen LogP contribution in [0.15, 0.2) is 0 Å². The van der Waals surface area contributed by atoms with Crippen LogP contribution in [0.2, 0.25) is 0 Å². The van der Waals surface area contributed by atoms with E-state index >= 15 is 0 Å². The van der Waals surface area contributed by atoms with Crippen LogP contribution in [0.4, 0.5) is 0 Å². The molecule has 0 unspecified atom stereocenters. The Kier molecular flexibility index (Phi) is 7.18. The zero-order chi connectivity index (χ0) is 11.9. The van der Waals surface area contributed by atoms with E-state index in [2.05, 4.69) is 35.1 Å². The SMILES string of the molecule is CCC(CC)(CBr)NC(=O)COC(C)C. The summed E-state index contributed by atoms with van der Waals surface area (Å²) in [6.07, 6.45) is 1.93. The maximum atomic E-state index is 11.6. The quantitative estimate of drug-likeness (QED) is 0.728. The van der Waals surface area contributed by atoms with E-state index in [0.717, 1.165) is 18.2 Å². The van der Waals surface area contributed by atoms with E-state index in [9.17, 15) is 4.79 Å². The second kappa shape index (κ2) is 7.23. The summed E-state index contributed by atoms with van der Waals surface area (Å²) in [7, 11) is 0. The maximum Gasteiger partial charge on any atom is 0.246 e. The molecule has 0 fully saturated rings. The molecular weight excluding hydrogens is 258 g/mol. The number of carbonyl (C=O) groups is 1. The van der Waals surface area contributed by atoms with Gasteiger partial charge in [-0.1, -0.05) is 29.8 Å². The van der Waals surface area contributed by atoms with Gasteiger partial charge in [0.05, 0.1) is 6.10 Å². The minimum absolute atomic E-state index is 0.0353. The lowest BCUT2D eigenvalue weighted by Gasteiger charge is -2.31. The average Bonchev–Trinajstić information content (AvgIpc) is 2.23. The van der Waals surface area contributed by atoms with Crippen LogP contribution in [0.25, 0.3) is 0 Å². The molecule has 15 heavy (non-hydrogen) atoms. The number of amides is 1. The molecule has 3 nitrogen and oxygen atoms in total. The Balaban J connectivity index is 4.11.